The van der Waals surface area contributed by atoms with E-state index in [4.69, 9.17) is 0 Å². The molecular weight excluding hydrogens is 303 g/mol. The van der Waals surface area contributed by atoms with Crippen LogP contribution in [0.4, 0.5) is 13.2 Å². The van der Waals surface area contributed by atoms with Crippen LogP contribution in [0.3, 0.4) is 0 Å². The molecule has 0 aliphatic heterocycles. The quantitative estimate of drug-likeness (QED) is 0.367. The molecule has 0 radical (unpaired) electrons. The normalized spacial score (nSPS) is 11.5. The van der Waals surface area contributed by atoms with Crippen LogP contribution >= 0.6 is 0 Å². The van der Waals surface area contributed by atoms with E-state index >= 15 is 0 Å². The summed E-state index contributed by atoms with van der Waals surface area (Å²) in [6, 6.07) is 4.72. The molecule has 0 aromatic heterocycles. The molecule has 0 aliphatic rings. The Kier molecular flexibility index (Phi) is 6.51. The van der Waals surface area contributed by atoms with Crippen LogP contribution in [0, 0.1) is 0 Å². The summed E-state index contributed by atoms with van der Waals surface area (Å²) < 4.78 is 42.8. The molecule has 1 rings (SSSR count). The minimum Gasteiger partial charge on any atom is -0.383 e. The zero-order valence-corrected chi connectivity index (χ0v) is 11.6. The number of hydrogen-bond donors (Lipinski definition) is 2. The first-order valence-electron chi connectivity index (χ1n) is 6.12. The number of hydrazone groups is 1. The molecule has 0 unspecified atom stereocenters. The molecule has 0 heterocycles. The molecule has 0 bridgehead atoms. The number of nitrogens with one attached hydrogen (secondary N) is 2. The van der Waals surface area contributed by atoms with Gasteiger partial charge in [0.25, 0.3) is 0 Å². The number of ether oxygens (including phenoxy) is 1. The average Bonchev–Trinajstić information content (AvgIpc) is 2.46. The number of amides is 2. The van der Waals surface area contributed by atoms with E-state index in [9.17, 15) is 22.8 Å². The topological polar surface area (TPSA) is 79.8 Å². The van der Waals surface area contributed by atoms with Crippen molar-refractivity contribution in [3.05, 3.63) is 35.4 Å². The van der Waals surface area contributed by atoms with Gasteiger partial charge in [-0.05, 0) is 6.07 Å². The van der Waals surface area contributed by atoms with Gasteiger partial charge in [0.1, 0.15) is 0 Å². The summed E-state index contributed by atoms with van der Waals surface area (Å²) >= 11 is 0. The molecule has 0 aliphatic carbocycles. The first-order chi connectivity index (χ1) is 10.4. The monoisotopic (exact) mass is 317 g/mol. The molecule has 0 saturated heterocycles. The van der Waals surface area contributed by atoms with Crippen LogP contribution in [0.1, 0.15) is 11.1 Å². The van der Waals surface area contributed by atoms with Crippen molar-refractivity contribution in [1.29, 1.82) is 0 Å². The SMILES string of the molecule is COCCNC(=O)C(=O)NN=Cc1ccccc1C(F)(F)F. The first kappa shape index (κ1) is 17.6. The summed E-state index contributed by atoms with van der Waals surface area (Å²) in [6.45, 7) is 0.352. The second-order valence-electron chi connectivity index (χ2n) is 4.03. The van der Waals surface area contributed by atoms with Gasteiger partial charge in [-0.3, -0.25) is 9.59 Å². The lowest BCUT2D eigenvalue weighted by Crippen LogP contribution is -2.39. The predicted molar refractivity (Wildman–Crippen MR) is 72.1 cm³/mol. The lowest BCUT2D eigenvalue weighted by molar-refractivity contribution is -0.139. The van der Waals surface area contributed by atoms with Crippen LogP contribution < -0.4 is 10.7 Å². The highest BCUT2D eigenvalue weighted by Gasteiger charge is 2.32. The van der Waals surface area contributed by atoms with E-state index in [1.807, 2.05) is 5.43 Å². The standard InChI is InChI=1S/C13H14F3N3O3/c1-22-7-6-17-11(20)12(21)19-18-8-9-4-2-3-5-10(9)13(14,15)16/h2-5,8H,6-7H2,1H3,(H,17,20)(H,19,21). The third kappa shape index (κ3) is 5.52. The number of nitrogens with zero attached hydrogens (tertiary/aromatic N) is 1. The Morgan fingerprint density at radius 3 is 2.59 bits per heavy atom. The Labute approximate surface area is 124 Å². The maximum absolute atomic E-state index is 12.7. The molecule has 2 N–H and O–H groups in total. The Balaban J connectivity index is 2.63. The van der Waals surface area contributed by atoms with Crippen molar-refractivity contribution in [2.45, 2.75) is 6.18 Å². The lowest BCUT2D eigenvalue weighted by atomic mass is 10.1. The number of carbonyl (C=O) groups excluding carboxylic acids is 2. The Morgan fingerprint density at radius 1 is 1.27 bits per heavy atom. The molecule has 2 amide bonds. The fraction of sp³-hybridized carbons (Fsp3) is 0.308. The maximum atomic E-state index is 12.7. The molecule has 1 aromatic carbocycles. The summed E-state index contributed by atoms with van der Waals surface area (Å²) in [5, 5.41) is 5.59. The van der Waals surface area contributed by atoms with Gasteiger partial charge in [0, 0.05) is 19.2 Å². The summed E-state index contributed by atoms with van der Waals surface area (Å²) in [6.07, 6.45) is -3.71. The Bertz CT molecular complexity index is 559. The molecule has 6 nitrogen and oxygen atoms in total. The van der Waals surface area contributed by atoms with Crippen LogP contribution in [-0.2, 0) is 20.5 Å². The molecule has 9 heteroatoms. The lowest BCUT2D eigenvalue weighted by Gasteiger charge is -2.09. The van der Waals surface area contributed by atoms with Crippen LogP contribution in [0.15, 0.2) is 29.4 Å². The van der Waals surface area contributed by atoms with Crippen molar-refractivity contribution in [2.75, 3.05) is 20.3 Å². The van der Waals surface area contributed by atoms with Gasteiger partial charge < -0.3 is 10.1 Å². The second-order valence-corrected chi connectivity index (χ2v) is 4.03. The van der Waals surface area contributed by atoms with E-state index in [0.29, 0.717) is 0 Å². The number of methoxy groups -OCH3 is 1. The molecule has 0 fully saturated rings. The average molecular weight is 317 g/mol. The maximum Gasteiger partial charge on any atom is 0.417 e. The fourth-order valence-corrected chi connectivity index (χ4v) is 1.43. The van der Waals surface area contributed by atoms with Crippen molar-refractivity contribution >= 4 is 18.0 Å². The van der Waals surface area contributed by atoms with Crippen molar-refractivity contribution in [3.8, 4) is 0 Å². The molecule has 0 atom stereocenters. The highest BCUT2D eigenvalue weighted by Crippen LogP contribution is 2.30. The third-order valence-electron chi connectivity index (χ3n) is 2.43. The summed E-state index contributed by atoms with van der Waals surface area (Å²) in [5.74, 6) is -2.05. The molecular formula is C13H14F3N3O3. The first-order valence-corrected chi connectivity index (χ1v) is 6.12. The van der Waals surface area contributed by atoms with Crippen LogP contribution in [0.25, 0.3) is 0 Å². The van der Waals surface area contributed by atoms with Gasteiger partial charge in [0.2, 0.25) is 0 Å². The molecule has 0 saturated carbocycles. The van der Waals surface area contributed by atoms with Gasteiger partial charge in [0.15, 0.2) is 0 Å². The zero-order valence-electron chi connectivity index (χ0n) is 11.6. The largest absolute Gasteiger partial charge is 0.417 e. The molecule has 22 heavy (non-hydrogen) atoms. The van der Waals surface area contributed by atoms with Gasteiger partial charge in [-0.15, -0.1) is 0 Å². The number of carbonyl (C=O) groups is 2. The van der Waals surface area contributed by atoms with E-state index in [1.54, 1.807) is 0 Å². The van der Waals surface area contributed by atoms with Crippen molar-refractivity contribution < 1.29 is 27.5 Å². The number of alkyl halides is 3. The Hall–Kier alpha value is -2.42. The minimum atomic E-state index is -4.54. The summed E-state index contributed by atoms with van der Waals surface area (Å²) in [4.78, 5) is 22.6. The van der Waals surface area contributed by atoms with E-state index < -0.39 is 23.6 Å². The predicted octanol–water partition coefficient (Wildman–Crippen LogP) is 0.918. The van der Waals surface area contributed by atoms with Crippen LogP contribution in [-0.4, -0.2) is 38.3 Å². The van der Waals surface area contributed by atoms with Gasteiger partial charge in [0.05, 0.1) is 18.4 Å². The number of benzene rings is 1. The van der Waals surface area contributed by atoms with Crippen molar-refractivity contribution in [2.24, 2.45) is 5.10 Å². The summed E-state index contributed by atoms with van der Waals surface area (Å²) in [5.41, 5.74) is 0.729. The van der Waals surface area contributed by atoms with Gasteiger partial charge in [-0.25, -0.2) is 5.43 Å². The zero-order chi connectivity index (χ0) is 16.6. The minimum absolute atomic E-state index is 0.128. The van der Waals surface area contributed by atoms with Crippen molar-refractivity contribution in [1.82, 2.24) is 10.7 Å². The summed E-state index contributed by atoms with van der Waals surface area (Å²) in [7, 11) is 1.43. The second kappa shape index (κ2) is 8.13. The smallest absolute Gasteiger partial charge is 0.383 e. The van der Waals surface area contributed by atoms with E-state index in [0.717, 1.165) is 12.3 Å². The van der Waals surface area contributed by atoms with Gasteiger partial charge >= 0.3 is 18.0 Å². The van der Waals surface area contributed by atoms with Gasteiger partial charge in [-0.2, -0.15) is 18.3 Å². The van der Waals surface area contributed by atoms with E-state index in [2.05, 4.69) is 15.2 Å². The van der Waals surface area contributed by atoms with Crippen LogP contribution in [0.5, 0.6) is 0 Å². The number of hydrogen-bond acceptors (Lipinski definition) is 4. The fourth-order valence-electron chi connectivity index (χ4n) is 1.43. The van der Waals surface area contributed by atoms with Crippen LogP contribution in [0.2, 0.25) is 0 Å². The molecule has 1 aromatic rings. The van der Waals surface area contributed by atoms with Crippen molar-refractivity contribution in [3.63, 3.8) is 0 Å². The van der Waals surface area contributed by atoms with E-state index in [-0.39, 0.29) is 18.7 Å². The number of rotatable bonds is 5. The highest BCUT2D eigenvalue weighted by atomic mass is 19.4. The molecule has 0 spiro atoms. The Morgan fingerprint density at radius 2 is 1.95 bits per heavy atom. The third-order valence-corrected chi connectivity index (χ3v) is 2.43. The molecule has 120 valence electrons. The highest BCUT2D eigenvalue weighted by molar-refractivity contribution is 6.35. The van der Waals surface area contributed by atoms with Gasteiger partial charge in [-0.1, -0.05) is 18.2 Å². The van der Waals surface area contributed by atoms with E-state index in [1.165, 1.54) is 25.3 Å². The number of halogens is 3.